The van der Waals surface area contributed by atoms with E-state index in [1.807, 2.05) is 0 Å². The SMILES string of the molecule is Ic1cccc(NCc2ccc3ccccc3c2)c1. The molecule has 0 aliphatic heterocycles. The summed E-state index contributed by atoms with van der Waals surface area (Å²) in [5.41, 5.74) is 2.47. The molecule has 3 aromatic rings. The normalized spacial score (nSPS) is 10.6. The minimum Gasteiger partial charge on any atom is -0.381 e. The first kappa shape index (κ1) is 12.5. The Morgan fingerprint density at radius 3 is 2.47 bits per heavy atom. The zero-order valence-corrected chi connectivity index (χ0v) is 12.6. The highest BCUT2D eigenvalue weighted by Crippen LogP contribution is 2.17. The molecule has 0 aliphatic carbocycles. The summed E-state index contributed by atoms with van der Waals surface area (Å²) in [5, 5.41) is 6.05. The Morgan fingerprint density at radius 2 is 1.63 bits per heavy atom. The van der Waals surface area contributed by atoms with E-state index in [0.717, 1.165) is 6.54 Å². The zero-order chi connectivity index (χ0) is 13.1. The fourth-order valence-electron chi connectivity index (χ4n) is 2.15. The minimum absolute atomic E-state index is 0.852. The number of anilines is 1. The molecule has 1 nitrogen and oxygen atoms in total. The van der Waals surface area contributed by atoms with Crippen molar-refractivity contribution < 1.29 is 0 Å². The Balaban J connectivity index is 1.78. The summed E-state index contributed by atoms with van der Waals surface area (Å²) in [6.45, 7) is 0.852. The van der Waals surface area contributed by atoms with Gasteiger partial charge in [0.05, 0.1) is 0 Å². The molecule has 0 aliphatic rings. The molecule has 0 bridgehead atoms. The number of hydrogen-bond donors (Lipinski definition) is 1. The van der Waals surface area contributed by atoms with E-state index in [2.05, 4.69) is 94.6 Å². The van der Waals surface area contributed by atoms with E-state index in [0.29, 0.717) is 0 Å². The highest BCUT2D eigenvalue weighted by atomic mass is 127. The van der Waals surface area contributed by atoms with Gasteiger partial charge in [0.15, 0.2) is 0 Å². The first-order valence-corrected chi connectivity index (χ1v) is 7.36. The van der Waals surface area contributed by atoms with Gasteiger partial charge in [-0.25, -0.2) is 0 Å². The number of halogens is 1. The minimum atomic E-state index is 0.852. The van der Waals surface area contributed by atoms with Crippen molar-refractivity contribution in [3.63, 3.8) is 0 Å². The molecule has 0 heterocycles. The van der Waals surface area contributed by atoms with Crippen molar-refractivity contribution in [2.45, 2.75) is 6.54 Å². The smallest absolute Gasteiger partial charge is 0.0401 e. The summed E-state index contributed by atoms with van der Waals surface area (Å²) in [6, 6.07) is 23.5. The van der Waals surface area contributed by atoms with Gasteiger partial charge in [-0.1, -0.05) is 42.5 Å². The third-order valence-electron chi connectivity index (χ3n) is 3.14. The molecule has 0 radical (unpaired) electrons. The van der Waals surface area contributed by atoms with E-state index >= 15 is 0 Å². The van der Waals surface area contributed by atoms with Gasteiger partial charge < -0.3 is 5.32 Å². The number of nitrogens with one attached hydrogen (secondary N) is 1. The average molecular weight is 359 g/mol. The van der Waals surface area contributed by atoms with Crippen molar-refractivity contribution in [3.8, 4) is 0 Å². The predicted octanol–water partition coefficient (Wildman–Crippen LogP) is 5.06. The lowest BCUT2D eigenvalue weighted by molar-refractivity contribution is 1.15. The fraction of sp³-hybridized carbons (Fsp3) is 0.0588. The first-order chi connectivity index (χ1) is 9.31. The van der Waals surface area contributed by atoms with Crippen molar-refractivity contribution in [3.05, 3.63) is 75.9 Å². The van der Waals surface area contributed by atoms with Gasteiger partial charge in [-0.05, 0) is 63.2 Å². The molecule has 0 unspecified atom stereocenters. The molecule has 0 atom stereocenters. The van der Waals surface area contributed by atoms with Crippen molar-refractivity contribution >= 4 is 39.1 Å². The van der Waals surface area contributed by atoms with Gasteiger partial charge in [0.25, 0.3) is 0 Å². The zero-order valence-electron chi connectivity index (χ0n) is 10.4. The Bertz CT molecular complexity index is 706. The van der Waals surface area contributed by atoms with E-state index in [4.69, 9.17) is 0 Å². The lowest BCUT2D eigenvalue weighted by Gasteiger charge is -2.08. The monoisotopic (exact) mass is 359 g/mol. The maximum absolute atomic E-state index is 3.46. The Labute approximate surface area is 126 Å². The second-order valence-electron chi connectivity index (χ2n) is 4.55. The first-order valence-electron chi connectivity index (χ1n) is 6.28. The molecular formula is C17H14IN. The molecular weight excluding hydrogens is 345 g/mol. The fourth-order valence-corrected chi connectivity index (χ4v) is 2.69. The van der Waals surface area contributed by atoms with Crippen LogP contribution in [-0.2, 0) is 6.54 Å². The summed E-state index contributed by atoms with van der Waals surface area (Å²) in [4.78, 5) is 0. The molecule has 1 N–H and O–H groups in total. The molecule has 19 heavy (non-hydrogen) atoms. The molecule has 94 valence electrons. The van der Waals surface area contributed by atoms with Crippen LogP contribution in [0.1, 0.15) is 5.56 Å². The third-order valence-corrected chi connectivity index (χ3v) is 3.81. The summed E-state index contributed by atoms with van der Waals surface area (Å²) in [6.07, 6.45) is 0. The van der Waals surface area contributed by atoms with Gasteiger partial charge in [0.2, 0.25) is 0 Å². The van der Waals surface area contributed by atoms with Crippen LogP contribution in [0.3, 0.4) is 0 Å². The molecule has 0 saturated heterocycles. The van der Waals surface area contributed by atoms with Crippen molar-refractivity contribution in [2.75, 3.05) is 5.32 Å². The molecule has 0 saturated carbocycles. The summed E-state index contributed by atoms with van der Waals surface area (Å²) < 4.78 is 1.25. The standard InChI is InChI=1S/C17H14IN/c18-16-6-3-7-17(11-16)19-12-13-8-9-14-4-1-2-5-15(14)10-13/h1-11,19H,12H2. The largest absolute Gasteiger partial charge is 0.381 e. The van der Waals surface area contributed by atoms with Gasteiger partial charge in [-0.3, -0.25) is 0 Å². The summed E-state index contributed by atoms with van der Waals surface area (Å²) in [5.74, 6) is 0. The van der Waals surface area contributed by atoms with Gasteiger partial charge in [0, 0.05) is 15.8 Å². The van der Waals surface area contributed by atoms with Gasteiger partial charge >= 0.3 is 0 Å². The summed E-state index contributed by atoms with van der Waals surface area (Å²) >= 11 is 2.33. The topological polar surface area (TPSA) is 12.0 Å². The molecule has 0 fully saturated rings. The molecule has 0 amide bonds. The quantitative estimate of drug-likeness (QED) is 0.645. The second-order valence-corrected chi connectivity index (χ2v) is 5.79. The van der Waals surface area contributed by atoms with E-state index in [1.54, 1.807) is 0 Å². The second kappa shape index (κ2) is 5.61. The molecule has 3 rings (SSSR count). The van der Waals surface area contributed by atoms with Crippen LogP contribution < -0.4 is 5.32 Å². The van der Waals surface area contributed by atoms with Crippen molar-refractivity contribution in [2.24, 2.45) is 0 Å². The molecule has 3 aromatic carbocycles. The Kier molecular flexibility index (Phi) is 3.69. The van der Waals surface area contributed by atoms with Crippen LogP contribution >= 0.6 is 22.6 Å². The van der Waals surface area contributed by atoms with Crippen LogP contribution in [0.2, 0.25) is 0 Å². The van der Waals surface area contributed by atoms with E-state index < -0.39 is 0 Å². The van der Waals surface area contributed by atoms with Crippen LogP contribution in [0.15, 0.2) is 66.7 Å². The van der Waals surface area contributed by atoms with Gasteiger partial charge in [-0.15, -0.1) is 0 Å². The van der Waals surface area contributed by atoms with Crippen LogP contribution in [0.5, 0.6) is 0 Å². The maximum atomic E-state index is 3.46. The van der Waals surface area contributed by atoms with E-state index in [9.17, 15) is 0 Å². The van der Waals surface area contributed by atoms with Crippen molar-refractivity contribution in [1.82, 2.24) is 0 Å². The average Bonchev–Trinajstić information content (AvgIpc) is 2.45. The van der Waals surface area contributed by atoms with E-state index in [-0.39, 0.29) is 0 Å². The number of fused-ring (bicyclic) bond motifs is 1. The van der Waals surface area contributed by atoms with Gasteiger partial charge in [-0.2, -0.15) is 0 Å². The van der Waals surface area contributed by atoms with Crippen LogP contribution in [0.25, 0.3) is 10.8 Å². The Morgan fingerprint density at radius 1 is 0.789 bits per heavy atom. The van der Waals surface area contributed by atoms with Crippen molar-refractivity contribution in [1.29, 1.82) is 0 Å². The molecule has 0 aromatic heterocycles. The molecule has 2 heteroatoms. The lowest BCUT2D eigenvalue weighted by atomic mass is 10.1. The number of rotatable bonds is 3. The number of hydrogen-bond acceptors (Lipinski definition) is 1. The third kappa shape index (κ3) is 3.07. The van der Waals surface area contributed by atoms with Crippen LogP contribution in [-0.4, -0.2) is 0 Å². The summed E-state index contributed by atoms with van der Waals surface area (Å²) in [7, 11) is 0. The van der Waals surface area contributed by atoms with Crippen LogP contribution in [0, 0.1) is 3.57 Å². The predicted molar refractivity (Wildman–Crippen MR) is 90.4 cm³/mol. The van der Waals surface area contributed by atoms with Crippen LogP contribution in [0.4, 0.5) is 5.69 Å². The lowest BCUT2D eigenvalue weighted by Crippen LogP contribution is -1.99. The Hall–Kier alpha value is -1.55. The number of benzene rings is 3. The maximum Gasteiger partial charge on any atom is 0.0401 e. The van der Waals surface area contributed by atoms with Gasteiger partial charge in [0.1, 0.15) is 0 Å². The van der Waals surface area contributed by atoms with E-state index in [1.165, 1.54) is 25.6 Å². The highest BCUT2D eigenvalue weighted by Gasteiger charge is 1.97. The molecule has 0 spiro atoms. The highest BCUT2D eigenvalue weighted by molar-refractivity contribution is 14.1.